The third-order valence-corrected chi connectivity index (χ3v) is 1.94. The fourth-order valence-corrected chi connectivity index (χ4v) is 1.36. The molecule has 0 radical (unpaired) electrons. The fraction of sp³-hybridized carbons (Fsp3) is 0.667. The smallest absolute Gasteiger partial charge is 0.152 e. The van der Waals surface area contributed by atoms with Crippen molar-refractivity contribution in [3.05, 3.63) is 12.2 Å². The van der Waals surface area contributed by atoms with Gasteiger partial charge in [-0.05, 0) is 38.8 Å². The first-order valence-electron chi connectivity index (χ1n) is 4.19. The van der Waals surface area contributed by atoms with Crippen molar-refractivity contribution < 1.29 is 4.79 Å². The van der Waals surface area contributed by atoms with E-state index in [9.17, 15) is 4.79 Å². The van der Waals surface area contributed by atoms with Gasteiger partial charge in [-0.25, -0.2) is 0 Å². The standard InChI is InChI=1S/C9H15NO/c1-8(11)4-2-5-9-6-3-7-10-9/h2,4,9-10H,3,5-7H2,1H3/b4-2+. The van der Waals surface area contributed by atoms with Crippen LogP contribution in [0.2, 0.25) is 0 Å². The number of carbonyl (C=O) groups excluding carboxylic acids is 1. The maximum atomic E-state index is 10.5. The summed E-state index contributed by atoms with van der Waals surface area (Å²) in [7, 11) is 0. The van der Waals surface area contributed by atoms with Crippen LogP contribution in [-0.2, 0) is 4.79 Å². The molecule has 1 heterocycles. The highest BCUT2D eigenvalue weighted by Crippen LogP contribution is 2.08. The third-order valence-electron chi connectivity index (χ3n) is 1.94. The van der Waals surface area contributed by atoms with E-state index in [1.54, 1.807) is 13.0 Å². The lowest BCUT2D eigenvalue weighted by Crippen LogP contribution is -2.19. The number of hydrogen-bond acceptors (Lipinski definition) is 2. The summed E-state index contributed by atoms with van der Waals surface area (Å²) in [6.07, 6.45) is 7.14. The maximum absolute atomic E-state index is 10.5. The first-order chi connectivity index (χ1) is 5.29. The number of carbonyl (C=O) groups is 1. The second-order valence-electron chi connectivity index (χ2n) is 3.04. The van der Waals surface area contributed by atoms with Crippen LogP contribution in [0.1, 0.15) is 26.2 Å². The van der Waals surface area contributed by atoms with Crippen LogP contribution in [0.15, 0.2) is 12.2 Å². The number of ketones is 1. The van der Waals surface area contributed by atoms with E-state index in [1.165, 1.54) is 12.8 Å². The molecule has 1 aliphatic heterocycles. The second-order valence-corrected chi connectivity index (χ2v) is 3.04. The maximum Gasteiger partial charge on any atom is 0.152 e. The van der Waals surface area contributed by atoms with Gasteiger partial charge in [0.25, 0.3) is 0 Å². The quantitative estimate of drug-likeness (QED) is 0.619. The van der Waals surface area contributed by atoms with Crippen molar-refractivity contribution in [1.29, 1.82) is 0 Å². The molecule has 1 rings (SSSR count). The van der Waals surface area contributed by atoms with Gasteiger partial charge in [0.1, 0.15) is 0 Å². The van der Waals surface area contributed by atoms with Gasteiger partial charge in [0, 0.05) is 6.04 Å². The average molecular weight is 153 g/mol. The summed E-state index contributed by atoms with van der Waals surface area (Å²) < 4.78 is 0. The molecule has 2 nitrogen and oxygen atoms in total. The van der Waals surface area contributed by atoms with E-state index in [4.69, 9.17) is 0 Å². The Morgan fingerprint density at radius 3 is 3.09 bits per heavy atom. The van der Waals surface area contributed by atoms with E-state index in [0.717, 1.165) is 13.0 Å². The van der Waals surface area contributed by atoms with Crippen LogP contribution < -0.4 is 5.32 Å². The van der Waals surface area contributed by atoms with Crippen LogP contribution in [0.5, 0.6) is 0 Å². The second kappa shape index (κ2) is 4.29. The molecule has 0 spiro atoms. The largest absolute Gasteiger partial charge is 0.314 e. The van der Waals surface area contributed by atoms with Crippen molar-refractivity contribution in [2.24, 2.45) is 0 Å². The summed E-state index contributed by atoms with van der Waals surface area (Å²) in [6.45, 7) is 2.72. The van der Waals surface area contributed by atoms with Crippen LogP contribution >= 0.6 is 0 Å². The van der Waals surface area contributed by atoms with Gasteiger partial charge >= 0.3 is 0 Å². The normalized spacial score (nSPS) is 24.6. The van der Waals surface area contributed by atoms with Gasteiger partial charge in [0.05, 0.1) is 0 Å². The molecule has 1 aliphatic rings. The van der Waals surface area contributed by atoms with E-state index in [1.807, 2.05) is 6.08 Å². The zero-order valence-electron chi connectivity index (χ0n) is 6.97. The lowest BCUT2D eigenvalue weighted by Gasteiger charge is -2.04. The molecular weight excluding hydrogens is 138 g/mol. The van der Waals surface area contributed by atoms with Crippen molar-refractivity contribution in [2.75, 3.05) is 6.54 Å². The van der Waals surface area contributed by atoms with Crippen molar-refractivity contribution >= 4 is 5.78 Å². The summed E-state index contributed by atoms with van der Waals surface area (Å²) >= 11 is 0. The van der Waals surface area contributed by atoms with E-state index in [0.29, 0.717) is 6.04 Å². The lowest BCUT2D eigenvalue weighted by atomic mass is 10.1. The molecule has 0 aliphatic carbocycles. The third kappa shape index (κ3) is 3.33. The van der Waals surface area contributed by atoms with Crippen LogP contribution in [0, 0.1) is 0 Å². The molecule has 0 amide bonds. The molecule has 0 saturated carbocycles. The zero-order chi connectivity index (χ0) is 8.10. The summed E-state index contributed by atoms with van der Waals surface area (Å²) in [5, 5.41) is 3.37. The number of rotatable bonds is 3. The first kappa shape index (κ1) is 8.47. The van der Waals surface area contributed by atoms with Gasteiger partial charge in [0.2, 0.25) is 0 Å². The van der Waals surface area contributed by atoms with Crippen molar-refractivity contribution in [3.63, 3.8) is 0 Å². The highest BCUT2D eigenvalue weighted by Gasteiger charge is 2.11. The molecule has 1 fully saturated rings. The molecule has 0 aromatic rings. The highest BCUT2D eigenvalue weighted by molar-refractivity contribution is 5.87. The van der Waals surface area contributed by atoms with Crippen molar-refractivity contribution in [3.8, 4) is 0 Å². The van der Waals surface area contributed by atoms with E-state index < -0.39 is 0 Å². The van der Waals surface area contributed by atoms with Gasteiger partial charge < -0.3 is 5.32 Å². The van der Waals surface area contributed by atoms with Gasteiger partial charge in [-0.1, -0.05) is 6.08 Å². The molecule has 62 valence electrons. The molecule has 0 aromatic carbocycles. The Kier molecular flexibility index (Phi) is 3.30. The van der Waals surface area contributed by atoms with Gasteiger partial charge in [-0.15, -0.1) is 0 Å². The van der Waals surface area contributed by atoms with E-state index >= 15 is 0 Å². The van der Waals surface area contributed by atoms with Crippen LogP contribution in [-0.4, -0.2) is 18.4 Å². The Bertz CT molecular complexity index is 157. The Balaban J connectivity index is 2.15. The van der Waals surface area contributed by atoms with E-state index in [-0.39, 0.29) is 5.78 Å². The van der Waals surface area contributed by atoms with Gasteiger partial charge in [0.15, 0.2) is 5.78 Å². The lowest BCUT2D eigenvalue weighted by molar-refractivity contribution is -0.112. The molecule has 2 heteroatoms. The SMILES string of the molecule is CC(=O)/C=C/CC1CCCN1. The minimum atomic E-state index is 0.142. The minimum Gasteiger partial charge on any atom is -0.314 e. The average Bonchev–Trinajstić information content (AvgIpc) is 2.39. The first-order valence-corrected chi connectivity index (χ1v) is 4.19. The van der Waals surface area contributed by atoms with Crippen molar-refractivity contribution in [2.45, 2.75) is 32.2 Å². The number of nitrogens with one attached hydrogen (secondary N) is 1. The van der Waals surface area contributed by atoms with Gasteiger partial charge in [-0.2, -0.15) is 0 Å². The number of allylic oxidation sites excluding steroid dienone is 1. The topological polar surface area (TPSA) is 29.1 Å². The summed E-state index contributed by atoms with van der Waals surface area (Å²) in [5.74, 6) is 0.142. The van der Waals surface area contributed by atoms with Crippen LogP contribution in [0.4, 0.5) is 0 Å². The highest BCUT2D eigenvalue weighted by atomic mass is 16.1. The Morgan fingerprint density at radius 2 is 2.55 bits per heavy atom. The van der Waals surface area contributed by atoms with Gasteiger partial charge in [-0.3, -0.25) is 4.79 Å². The van der Waals surface area contributed by atoms with E-state index in [2.05, 4.69) is 5.32 Å². The number of hydrogen-bond donors (Lipinski definition) is 1. The summed E-state index contributed by atoms with van der Waals surface area (Å²) in [4.78, 5) is 10.5. The molecule has 1 unspecified atom stereocenters. The minimum absolute atomic E-state index is 0.142. The summed E-state index contributed by atoms with van der Waals surface area (Å²) in [6, 6.07) is 0.616. The molecular formula is C9H15NO. The van der Waals surface area contributed by atoms with Crippen LogP contribution in [0.25, 0.3) is 0 Å². The predicted molar refractivity (Wildman–Crippen MR) is 45.5 cm³/mol. The van der Waals surface area contributed by atoms with Crippen LogP contribution in [0.3, 0.4) is 0 Å². The Morgan fingerprint density at radius 1 is 1.73 bits per heavy atom. The molecule has 11 heavy (non-hydrogen) atoms. The molecule has 1 N–H and O–H groups in total. The monoisotopic (exact) mass is 153 g/mol. The summed E-state index contributed by atoms with van der Waals surface area (Å²) in [5.41, 5.74) is 0. The van der Waals surface area contributed by atoms with Crippen molar-refractivity contribution in [1.82, 2.24) is 5.32 Å². The zero-order valence-corrected chi connectivity index (χ0v) is 6.97. The Labute approximate surface area is 67.7 Å². The molecule has 0 bridgehead atoms. The Hall–Kier alpha value is -0.630. The fourth-order valence-electron chi connectivity index (χ4n) is 1.36. The molecule has 1 saturated heterocycles. The predicted octanol–water partition coefficient (Wildman–Crippen LogP) is 1.27. The molecule has 0 aromatic heterocycles. The molecule has 1 atom stereocenters.